The fourth-order valence-electron chi connectivity index (χ4n) is 1.45. The normalized spacial score (nSPS) is 13.4. The van der Waals surface area contributed by atoms with Gasteiger partial charge >= 0.3 is 0 Å². The summed E-state index contributed by atoms with van der Waals surface area (Å²) in [5, 5.41) is 5.00. The van der Waals surface area contributed by atoms with Crippen LogP contribution < -0.4 is 10.6 Å². The number of Topliss-reactive ketones (excluding diaryl/α,β-unsaturated/α-hetero) is 1. The number of halogens is 1. The topological polar surface area (TPSA) is 75.3 Å². The van der Waals surface area contributed by atoms with E-state index < -0.39 is 11.7 Å². The molecule has 1 aliphatic heterocycles. The van der Waals surface area contributed by atoms with Crippen molar-refractivity contribution in [1.82, 2.24) is 0 Å². The molecule has 0 aliphatic carbocycles. The van der Waals surface area contributed by atoms with E-state index in [-0.39, 0.29) is 11.5 Å². The van der Waals surface area contributed by atoms with Crippen LogP contribution in [-0.2, 0) is 9.59 Å². The Morgan fingerprint density at radius 2 is 2.06 bits per heavy atom. The monoisotopic (exact) mass is 282 g/mol. The number of rotatable bonds is 1. The second-order valence-corrected chi connectivity index (χ2v) is 4.20. The second-order valence-electron chi connectivity index (χ2n) is 3.34. The first kappa shape index (κ1) is 10.8. The predicted octanol–water partition coefficient (Wildman–Crippen LogP) is 1.54. The van der Waals surface area contributed by atoms with Gasteiger partial charge in [0.05, 0.1) is 16.9 Å². The van der Waals surface area contributed by atoms with Crippen molar-refractivity contribution >= 4 is 44.9 Å². The number of benzene rings is 1. The van der Waals surface area contributed by atoms with E-state index in [0.717, 1.165) is 0 Å². The van der Waals surface area contributed by atoms with Crippen LogP contribution in [0.4, 0.5) is 11.4 Å². The molecular formula is C10H7BrN2O3. The highest BCUT2D eigenvalue weighted by Gasteiger charge is 2.29. The van der Waals surface area contributed by atoms with Gasteiger partial charge in [0.15, 0.2) is 0 Å². The molecule has 0 fully saturated rings. The molecular weight excluding hydrogens is 276 g/mol. The van der Waals surface area contributed by atoms with Crippen LogP contribution in [0.25, 0.3) is 0 Å². The lowest BCUT2D eigenvalue weighted by Gasteiger charge is -2.06. The summed E-state index contributed by atoms with van der Waals surface area (Å²) in [7, 11) is 0. The highest BCUT2D eigenvalue weighted by molar-refractivity contribution is 9.10. The molecule has 0 aromatic heterocycles. The van der Waals surface area contributed by atoms with Crippen molar-refractivity contribution < 1.29 is 14.4 Å². The van der Waals surface area contributed by atoms with E-state index in [1.807, 2.05) is 0 Å². The molecule has 0 spiro atoms. The standard InChI is InChI=1S/C10H7BrN2O3/c1-4(14)12-8-2-5-7(3-6(8)11)13-10(16)9(5)15/h2-3H,1H3,(H,12,14)(H,13,15,16). The van der Waals surface area contributed by atoms with Gasteiger partial charge in [0.25, 0.3) is 11.7 Å². The zero-order chi connectivity index (χ0) is 11.9. The Hall–Kier alpha value is -1.69. The fraction of sp³-hybridized carbons (Fsp3) is 0.100. The van der Waals surface area contributed by atoms with Crippen LogP contribution in [0.1, 0.15) is 17.3 Å². The summed E-state index contributed by atoms with van der Waals surface area (Å²) in [6.45, 7) is 1.37. The summed E-state index contributed by atoms with van der Waals surface area (Å²) >= 11 is 3.24. The lowest BCUT2D eigenvalue weighted by Crippen LogP contribution is -2.12. The van der Waals surface area contributed by atoms with Crippen molar-refractivity contribution in [2.45, 2.75) is 6.92 Å². The predicted molar refractivity (Wildman–Crippen MR) is 61.4 cm³/mol. The maximum Gasteiger partial charge on any atom is 0.296 e. The van der Waals surface area contributed by atoms with E-state index in [9.17, 15) is 14.4 Å². The van der Waals surface area contributed by atoms with Crippen LogP contribution in [0.3, 0.4) is 0 Å². The number of hydrogen-bond acceptors (Lipinski definition) is 3. The molecule has 0 atom stereocenters. The number of ketones is 1. The van der Waals surface area contributed by atoms with E-state index in [2.05, 4.69) is 26.6 Å². The van der Waals surface area contributed by atoms with Crippen LogP contribution in [0.5, 0.6) is 0 Å². The first-order valence-corrected chi connectivity index (χ1v) is 5.25. The summed E-state index contributed by atoms with van der Waals surface area (Å²) in [5.41, 5.74) is 1.20. The largest absolute Gasteiger partial charge is 0.325 e. The molecule has 0 radical (unpaired) electrons. The molecule has 0 bridgehead atoms. The van der Waals surface area contributed by atoms with Gasteiger partial charge in [-0.2, -0.15) is 0 Å². The first-order valence-electron chi connectivity index (χ1n) is 4.46. The minimum atomic E-state index is -0.651. The summed E-state index contributed by atoms with van der Waals surface area (Å²) < 4.78 is 0.608. The molecule has 5 nitrogen and oxygen atoms in total. The van der Waals surface area contributed by atoms with Crippen molar-refractivity contribution in [2.24, 2.45) is 0 Å². The minimum absolute atomic E-state index is 0.245. The van der Waals surface area contributed by atoms with E-state index >= 15 is 0 Å². The Labute approximate surface area is 99.3 Å². The molecule has 0 unspecified atom stereocenters. The number of carbonyl (C=O) groups is 3. The van der Waals surface area contributed by atoms with Crippen LogP contribution in [0.2, 0.25) is 0 Å². The van der Waals surface area contributed by atoms with Gasteiger partial charge in [0.2, 0.25) is 5.91 Å². The van der Waals surface area contributed by atoms with Gasteiger partial charge in [0, 0.05) is 11.4 Å². The molecule has 1 aromatic rings. The lowest BCUT2D eigenvalue weighted by molar-refractivity contribution is -0.114. The Morgan fingerprint density at radius 3 is 2.69 bits per heavy atom. The zero-order valence-electron chi connectivity index (χ0n) is 8.26. The molecule has 1 aromatic carbocycles. The first-order chi connectivity index (χ1) is 7.49. The van der Waals surface area contributed by atoms with Crippen molar-refractivity contribution in [3.63, 3.8) is 0 Å². The van der Waals surface area contributed by atoms with Gasteiger partial charge in [-0.3, -0.25) is 14.4 Å². The van der Waals surface area contributed by atoms with Crippen molar-refractivity contribution in [1.29, 1.82) is 0 Å². The third-order valence-corrected chi connectivity index (χ3v) is 2.77. The fourth-order valence-corrected chi connectivity index (χ4v) is 1.89. The maximum absolute atomic E-state index is 11.4. The number of anilines is 2. The highest BCUT2D eigenvalue weighted by atomic mass is 79.9. The van der Waals surface area contributed by atoms with E-state index in [1.54, 1.807) is 6.07 Å². The summed E-state index contributed by atoms with van der Waals surface area (Å²) in [4.78, 5) is 33.4. The Kier molecular flexibility index (Phi) is 2.51. The van der Waals surface area contributed by atoms with Gasteiger partial charge in [-0.25, -0.2) is 0 Å². The van der Waals surface area contributed by atoms with Crippen LogP contribution >= 0.6 is 15.9 Å². The molecule has 6 heteroatoms. The van der Waals surface area contributed by atoms with Crippen molar-refractivity contribution in [3.8, 4) is 0 Å². The Morgan fingerprint density at radius 1 is 1.38 bits per heavy atom. The summed E-state index contributed by atoms with van der Waals surface area (Å²) in [6, 6.07) is 3.06. The zero-order valence-corrected chi connectivity index (χ0v) is 9.84. The minimum Gasteiger partial charge on any atom is -0.325 e. The smallest absolute Gasteiger partial charge is 0.296 e. The lowest BCUT2D eigenvalue weighted by atomic mass is 10.1. The summed E-state index contributed by atoms with van der Waals surface area (Å²) in [6.07, 6.45) is 0. The molecule has 1 aliphatic rings. The number of hydrogen-bond donors (Lipinski definition) is 2. The van der Waals surface area contributed by atoms with Crippen LogP contribution in [0.15, 0.2) is 16.6 Å². The molecule has 2 amide bonds. The number of amides is 2. The molecule has 2 N–H and O–H groups in total. The van der Waals surface area contributed by atoms with Crippen molar-refractivity contribution in [2.75, 3.05) is 10.6 Å². The highest BCUT2D eigenvalue weighted by Crippen LogP contribution is 2.32. The van der Waals surface area contributed by atoms with Gasteiger partial charge < -0.3 is 10.6 Å². The van der Waals surface area contributed by atoms with Gasteiger partial charge in [0.1, 0.15) is 0 Å². The number of nitrogens with one attached hydrogen (secondary N) is 2. The van der Waals surface area contributed by atoms with E-state index in [0.29, 0.717) is 15.8 Å². The summed E-state index contributed by atoms with van der Waals surface area (Å²) in [5.74, 6) is -1.48. The molecule has 0 saturated heterocycles. The van der Waals surface area contributed by atoms with Gasteiger partial charge in [-0.1, -0.05) is 0 Å². The van der Waals surface area contributed by atoms with Gasteiger partial charge in [-0.05, 0) is 28.1 Å². The average molecular weight is 283 g/mol. The molecule has 0 saturated carbocycles. The SMILES string of the molecule is CC(=O)Nc1cc2c(cc1Br)NC(=O)C2=O. The maximum atomic E-state index is 11.4. The third-order valence-electron chi connectivity index (χ3n) is 2.12. The van der Waals surface area contributed by atoms with E-state index in [4.69, 9.17) is 0 Å². The molecule has 1 heterocycles. The van der Waals surface area contributed by atoms with Gasteiger partial charge in [-0.15, -0.1) is 0 Å². The molecule has 82 valence electrons. The molecule has 2 rings (SSSR count). The number of carbonyl (C=O) groups excluding carboxylic acids is 3. The number of fused-ring (bicyclic) bond motifs is 1. The average Bonchev–Trinajstić information content (AvgIpc) is 2.44. The van der Waals surface area contributed by atoms with E-state index in [1.165, 1.54) is 13.0 Å². The van der Waals surface area contributed by atoms with Crippen LogP contribution in [-0.4, -0.2) is 17.6 Å². The second kappa shape index (κ2) is 3.71. The Bertz CT molecular complexity index is 525. The van der Waals surface area contributed by atoms with Crippen LogP contribution in [0, 0.1) is 0 Å². The van der Waals surface area contributed by atoms with Crippen molar-refractivity contribution in [3.05, 3.63) is 22.2 Å². The quantitative estimate of drug-likeness (QED) is 0.768. The Balaban J connectivity index is 2.49. The third kappa shape index (κ3) is 1.71. The molecule has 16 heavy (non-hydrogen) atoms.